The highest BCUT2D eigenvalue weighted by Gasteiger charge is 2.12. The first-order valence-electron chi connectivity index (χ1n) is 5.05. The number of aryl methyl sites for hydroxylation is 1. The zero-order valence-electron chi connectivity index (χ0n) is 10.0. The van der Waals surface area contributed by atoms with Gasteiger partial charge in [-0.05, 0) is 18.6 Å². The molecule has 0 fully saturated rings. The topological polar surface area (TPSA) is 46.5 Å². The van der Waals surface area contributed by atoms with Gasteiger partial charge in [-0.1, -0.05) is 20.3 Å². The van der Waals surface area contributed by atoms with Gasteiger partial charge >= 0.3 is 5.97 Å². The molecule has 0 bridgehead atoms. The Kier molecular flexibility index (Phi) is 6.15. The van der Waals surface area contributed by atoms with Crippen molar-refractivity contribution >= 4 is 5.97 Å². The second kappa shape index (κ2) is 6.82. The SMILES string of the molecule is CCC.COc1cc(F)c(C(=O)O)cc1C. The highest BCUT2D eigenvalue weighted by molar-refractivity contribution is 5.88. The summed E-state index contributed by atoms with van der Waals surface area (Å²) in [6.45, 7) is 5.91. The molecule has 3 nitrogen and oxygen atoms in total. The van der Waals surface area contributed by atoms with Crippen molar-refractivity contribution < 1.29 is 19.0 Å². The lowest BCUT2D eigenvalue weighted by Crippen LogP contribution is -2.02. The molecule has 0 unspecified atom stereocenters. The molecule has 1 aromatic rings. The molecule has 90 valence electrons. The van der Waals surface area contributed by atoms with Crippen molar-refractivity contribution in [1.29, 1.82) is 0 Å². The van der Waals surface area contributed by atoms with Crippen LogP contribution in [0.3, 0.4) is 0 Å². The van der Waals surface area contributed by atoms with Gasteiger partial charge in [0.25, 0.3) is 0 Å². The van der Waals surface area contributed by atoms with Crippen molar-refractivity contribution in [2.75, 3.05) is 7.11 Å². The van der Waals surface area contributed by atoms with E-state index < -0.39 is 11.8 Å². The van der Waals surface area contributed by atoms with Gasteiger partial charge in [0.1, 0.15) is 11.6 Å². The van der Waals surface area contributed by atoms with E-state index in [2.05, 4.69) is 13.8 Å². The van der Waals surface area contributed by atoms with Crippen LogP contribution in [0.4, 0.5) is 4.39 Å². The molecule has 0 aromatic heterocycles. The van der Waals surface area contributed by atoms with E-state index in [4.69, 9.17) is 9.84 Å². The van der Waals surface area contributed by atoms with Crippen molar-refractivity contribution in [2.45, 2.75) is 27.2 Å². The van der Waals surface area contributed by atoms with Crippen LogP contribution in [0.5, 0.6) is 5.75 Å². The molecule has 0 spiro atoms. The highest BCUT2D eigenvalue weighted by Crippen LogP contribution is 2.21. The fraction of sp³-hybridized carbons (Fsp3) is 0.417. The summed E-state index contributed by atoms with van der Waals surface area (Å²) in [5.41, 5.74) is 0.264. The summed E-state index contributed by atoms with van der Waals surface area (Å²) in [7, 11) is 1.40. The Hall–Kier alpha value is -1.58. The number of ether oxygens (including phenoxy) is 1. The monoisotopic (exact) mass is 228 g/mol. The molecule has 1 rings (SSSR count). The van der Waals surface area contributed by atoms with Crippen LogP contribution in [0.25, 0.3) is 0 Å². The first-order valence-corrected chi connectivity index (χ1v) is 5.05. The molecule has 0 saturated heterocycles. The van der Waals surface area contributed by atoms with Gasteiger partial charge in [0.15, 0.2) is 0 Å². The minimum atomic E-state index is -1.27. The van der Waals surface area contributed by atoms with Crippen LogP contribution in [0.1, 0.15) is 36.2 Å². The number of hydrogen-bond donors (Lipinski definition) is 1. The molecule has 0 aliphatic heterocycles. The van der Waals surface area contributed by atoms with E-state index in [-0.39, 0.29) is 5.56 Å². The van der Waals surface area contributed by atoms with E-state index in [1.807, 2.05) is 0 Å². The van der Waals surface area contributed by atoms with E-state index in [1.165, 1.54) is 19.6 Å². The molecule has 0 saturated carbocycles. The molecule has 0 aliphatic rings. The van der Waals surface area contributed by atoms with Crippen LogP contribution in [-0.4, -0.2) is 18.2 Å². The maximum Gasteiger partial charge on any atom is 0.338 e. The van der Waals surface area contributed by atoms with Gasteiger partial charge in [0.05, 0.1) is 12.7 Å². The lowest BCUT2D eigenvalue weighted by atomic mass is 10.1. The lowest BCUT2D eigenvalue weighted by Gasteiger charge is -2.05. The van der Waals surface area contributed by atoms with Crippen molar-refractivity contribution in [1.82, 2.24) is 0 Å². The standard InChI is InChI=1S/C9H9FO3.C3H8/c1-5-3-6(9(11)12)7(10)4-8(5)13-2;1-3-2/h3-4H,1-2H3,(H,11,12);3H2,1-2H3. The number of halogens is 1. The van der Waals surface area contributed by atoms with Crippen LogP contribution in [0.2, 0.25) is 0 Å². The highest BCUT2D eigenvalue weighted by atomic mass is 19.1. The summed E-state index contributed by atoms with van der Waals surface area (Å²) in [4.78, 5) is 10.5. The number of methoxy groups -OCH3 is 1. The summed E-state index contributed by atoms with van der Waals surface area (Å²) in [5.74, 6) is -1.71. The summed E-state index contributed by atoms with van der Waals surface area (Å²) in [6, 6.07) is 2.31. The van der Waals surface area contributed by atoms with Crippen LogP contribution < -0.4 is 4.74 Å². The van der Waals surface area contributed by atoms with Gasteiger partial charge in [0, 0.05) is 6.07 Å². The number of hydrogen-bond acceptors (Lipinski definition) is 2. The Balaban J connectivity index is 0.000000673. The van der Waals surface area contributed by atoms with Crippen LogP contribution in [0, 0.1) is 12.7 Å². The fourth-order valence-electron chi connectivity index (χ4n) is 1.05. The van der Waals surface area contributed by atoms with Gasteiger partial charge in [0.2, 0.25) is 0 Å². The Labute approximate surface area is 94.9 Å². The van der Waals surface area contributed by atoms with Gasteiger partial charge in [-0.25, -0.2) is 9.18 Å². The minimum Gasteiger partial charge on any atom is -0.496 e. The van der Waals surface area contributed by atoms with Crippen LogP contribution in [0.15, 0.2) is 12.1 Å². The molecule has 0 heterocycles. The molecule has 0 atom stereocenters. The molecule has 1 aromatic carbocycles. The number of carboxylic acid groups (broad SMARTS) is 1. The fourth-order valence-corrected chi connectivity index (χ4v) is 1.05. The summed E-state index contributed by atoms with van der Waals surface area (Å²) in [6.07, 6.45) is 1.25. The maximum absolute atomic E-state index is 13.0. The van der Waals surface area contributed by atoms with Gasteiger partial charge < -0.3 is 9.84 Å². The molecule has 0 radical (unpaired) electrons. The van der Waals surface area contributed by atoms with E-state index >= 15 is 0 Å². The van der Waals surface area contributed by atoms with Crippen molar-refractivity contribution in [2.24, 2.45) is 0 Å². The van der Waals surface area contributed by atoms with E-state index in [9.17, 15) is 9.18 Å². The Bertz CT molecular complexity index is 362. The number of carboxylic acids is 1. The Morgan fingerprint density at radius 2 is 1.94 bits per heavy atom. The van der Waals surface area contributed by atoms with Gasteiger partial charge in [-0.3, -0.25) is 0 Å². The number of benzene rings is 1. The third kappa shape index (κ3) is 3.88. The molecule has 0 aliphatic carbocycles. The number of aromatic carboxylic acids is 1. The van der Waals surface area contributed by atoms with Gasteiger partial charge in [-0.2, -0.15) is 0 Å². The molecular formula is C12H17FO3. The molecule has 16 heavy (non-hydrogen) atoms. The average Bonchev–Trinajstić information content (AvgIpc) is 2.21. The lowest BCUT2D eigenvalue weighted by molar-refractivity contribution is 0.0691. The Morgan fingerprint density at radius 3 is 2.31 bits per heavy atom. The van der Waals surface area contributed by atoms with E-state index in [0.717, 1.165) is 6.07 Å². The summed E-state index contributed by atoms with van der Waals surface area (Å²) in [5, 5.41) is 8.57. The smallest absolute Gasteiger partial charge is 0.338 e. The predicted molar refractivity (Wildman–Crippen MR) is 60.6 cm³/mol. The number of carbonyl (C=O) groups is 1. The molecule has 4 heteroatoms. The van der Waals surface area contributed by atoms with Crippen LogP contribution in [-0.2, 0) is 0 Å². The molecule has 0 amide bonds. The number of rotatable bonds is 2. The van der Waals surface area contributed by atoms with Crippen molar-refractivity contribution in [3.8, 4) is 5.75 Å². The van der Waals surface area contributed by atoms with E-state index in [0.29, 0.717) is 11.3 Å². The van der Waals surface area contributed by atoms with Crippen LogP contribution >= 0.6 is 0 Å². The Morgan fingerprint density at radius 1 is 1.44 bits per heavy atom. The molecular weight excluding hydrogens is 211 g/mol. The third-order valence-corrected chi connectivity index (χ3v) is 1.71. The first kappa shape index (κ1) is 14.4. The predicted octanol–water partition coefficient (Wildman–Crippen LogP) is 3.26. The largest absolute Gasteiger partial charge is 0.496 e. The van der Waals surface area contributed by atoms with Crippen molar-refractivity contribution in [3.05, 3.63) is 29.1 Å². The maximum atomic E-state index is 13.0. The minimum absolute atomic E-state index is 0.335. The van der Waals surface area contributed by atoms with Gasteiger partial charge in [-0.15, -0.1) is 0 Å². The second-order valence-electron chi connectivity index (χ2n) is 3.31. The quantitative estimate of drug-likeness (QED) is 0.845. The summed E-state index contributed by atoms with van der Waals surface area (Å²) >= 11 is 0. The zero-order valence-corrected chi connectivity index (χ0v) is 10.0. The zero-order chi connectivity index (χ0) is 12.7. The summed E-state index contributed by atoms with van der Waals surface area (Å²) < 4.78 is 17.8. The normalized spacial score (nSPS) is 9.06. The van der Waals surface area contributed by atoms with E-state index in [1.54, 1.807) is 6.92 Å². The van der Waals surface area contributed by atoms with Crippen molar-refractivity contribution in [3.63, 3.8) is 0 Å². The third-order valence-electron chi connectivity index (χ3n) is 1.71. The average molecular weight is 228 g/mol. The second-order valence-corrected chi connectivity index (χ2v) is 3.31. The molecule has 1 N–H and O–H groups in total. The first-order chi connectivity index (χ1) is 7.47.